The highest BCUT2D eigenvalue weighted by atomic mass is 32.1. The molecule has 0 saturated heterocycles. The van der Waals surface area contributed by atoms with Crippen LogP contribution >= 0.6 is 11.3 Å². The molecule has 1 aromatic heterocycles. The molecular formula is C18H17N3S. The van der Waals surface area contributed by atoms with Gasteiger partial charge in [0.2, 0.25) is 4.80 Å². The third-order valence-corrected chi connectivity index (χ3v) is 4.22. The lowest BCUT2D eigenvalue weighted by Gasteiger charge is -2.04. The van der Waals surface area contributed by atoms with E-state index in [4.69, 9.17) is 0 Å². The van der Waals surface area contributed by atoms with Crippen LogP contribution in [0.5, 0.6) is 0 Å². The largest absolute Gasteiger partial charge is 0.288 e. The molecule has 0 fully saturated rings. The Hall–Kier alpha value is -2.46. The maximum atomic E-state index is 4.38. The average Bonchev–Trinajstić information content (AvgIpc) is 2.89. The first-order valence-electron chi connectivity index (χ1n) is 7.10. The number of hydrogen-bond acceptors (Lipinski definition) is 3. The van der Waals surface area contributed by atoms with Gasteiger partial charge in [0.05, 0.1) is 6.21 Å². The lowest BCUT2D eigenvalue weighted by molar-refractivity contribution is 0.927. The Bertz CT molecular complexity index is 857. The monoisotopic (exact) mass is 307 g/mol. The zero-order valence-corrected chi connectivity index (χ0v) is 13.4. The average molecular weight is 307 g/mol. The van der Waals surface area contributed by atoms with Crippen LogP contribution in [0.1, 0.15) is 16.8 Å². The van der Waals surface area contributed by atoms with E-state index in [2.05, 4.69) is 58.3 Å². The van der Waals surface area contributed by atoms with Crippen molar-refractivity contribution in [3.8, 4) is 5.69 Å². The first-order chi connectivity index (χ1) is 10.7. The topological polar surface area (TPSA) is 29.6 Å². The second-order valence-corrected chi connectivity index (χ2v) is 5.93. The normalized spacial score (nSPS) is 12.2. The maximum absolute atomic E-state index is 4.38. The third-order valence-electron chi connectivity index (χ3n) is 3.29. The van der Waals surface area contributed by atoms with E-state index in [9.17, 15) is 0 Å². The number of para-hydroxylation sites is 1. The predicted octanol–water partition coefficient (Wildman–Crippen LogP) is 4.09. The molecule has 0 radical (unpaired) electrons. The number of aryl methyl sites for hydroxylation is 2. The molecule has 22 heavy (non-hydrogen) atoms. The van der Waals surface area contributed by atoms with Gasteiger partial charge in [0.25, 0.3) is 0 Å². The van der Waals surface area contributed by atoms with Crippen LogP contribution in [-0.2, 0) is 0 Å². The van der Waals surface area contributed by atoms with Crippen molar-refractivity contribution in [3.05, 3.63) is 81.6 Å². The molecule has 0 amide bonds. The first kappa shape index (κ1) is 14.5. The molecule has 2 aromatic carbocycles. The molecule has 4 heteroatoms. The van der Waals surface area contributed by atoms with Gasteiger partial charge in [-0.1, -0.05) is 48.0 Å². The molecular weight excluding hydrogens is 290 g/mol. The zero-order chi connectivity index (χ0) is 15.4. The first-order valence-corrected chi connectivity index (χ1v) is 7.98. The summed E-state index contributed by atoms with van der Waals surface area (Å²) in [4.78, 5) is 0.868. The highest BCUT2D eigenvalue weighted by Crippen LogP contribution is 2.10. The van der Waals surface area contributed by atoms with E-state index in [0.717, 1.165) is 21.7 Å². The summed E-state index contributed by atoms with van der Waals surface area (Å²) in [6.07, 6.45) is 1.79. The van der Waals surface area contributed by atoms with Gasteiger partial charge in [-0.05, 0) is 31.5 Å². The Kier molecular flexibility index (Phi) is 4.30. The Morgan fingerprint density at radius 3 is 2.59 bits per heavy atom. The van der Waals surface area contributed by atoms with Gasteiger partial charge in [0.1, 0.15) is 0 Å². The fourth-order valence-electron chi connectivity index (χ4n) is 2.25. The Morgan fingerprint density at radius 1 is 1.00 bits per heavy atom. The summed E-state index contributed by atoms with van der Waals surface area (Å²) in [5.41, 5.74) is 4.53. The van der Waals surface area contributed by atoms with Gasteiger partial charge in [-0.3, -0.25) is 4.57 Å². The van der Waals surface area contributed by atoms with E-state index in [1.165, 1.54) is 5.56 Å². The quantitative estimate of drug-likeness (QED) is 0.515. The predicted molar refractivity (Wildman–Crippen MR) is 92.7 cm³/mol. The van der Waals surface area contributed by atoms with E-state index in [-0.39, 0.29) is 0 Å². The summed E-state index contributed by atoms with van der Waals surface area (Å²) in [5, 5.41) is 10.7. The summed E-state index contributed by atoms with van der Waals surface area (Å²) in [5.74, 6) is 0. The van der Waals surface area contributed by atoms with Gasteiger partial charge >= 0.3 is 0 Å². The molecule has 0 aliphatic carbocycles. The van der Waals surface area contributed by atoms with Gasteiger partial charge < -0.3 is 0 Å². The molecule has 110 valence electrons. The van der Waals surface area contributed by atoms with Crippen LogP contribution in [-0.4, -0.2) is 10.8 Å². The summed E-state index contributed by atoms with van der Waals surface area (Å²) >= 11 is 1.59. The smallest absolute Gasteiger partial charge is 0.215 e. The molecule has 0 aliphatic rings. The Morgan fingerprint density at radius 2 is 1.82 bits per heavy atom. The van der Waals surface area contributed by atoms with E-state index < -0.39 is 0 Å². The third kappa shape index (κ3) is 3.23. The van der Waals surface area contributed by atoms with Gasteiger partial charge in [-0.15, -0.1) is 16.4 Å². The molecule has 0 spiro atoms. The van der Waals surface area contributed by atoms with Crippen molar-refractivity contribution in [2.45, 2.75) is 13.8 Å². The molecule has 0 aliphatic heterocycles. The molecule has 0 bridgehead atoms. The highest BCUT2D eigenvalue weighted by Gasteiger charge is 2.02. The number of benzene rings is 2. The van der Waals surface area contributed by atoms with Crippen molar-refractivity contribution in [1.29, 1.82) is 0 Å². The lowest BCUT2D eigenvalue weighted by Crippen LogP contribution is -2.13. The number of nitrogens with zero attached hydrogens (tertiary/aromatic N) is 3. The van der Waals surface area contributed by atoms with Crippen molar-refractivity contribution in [3.63, 3.8) is 0 Å². The van der Waals surface area contributed by atoms with E-state index in [0.29, 0.717) is 0 Å². The van der Waals surface area contributed by atoms with E-state index in [1.54, 1.807) is 17.6 Å². The highest BCUT2D eigenvalue weighted by molar-refractivity contribution is 7.07. The molecule has 0 atom stereocenters. The number of thiazole rings is 1. The SMILES string of the molecule is Cc1cccc(/C=N/N=c2/scc(C)n2-c2ccccc2)c1. The van der Waals surface area contributed by atoms with Gasteiger partial charge in [0.15, 0.2) is 0 Å². The van der Waals surface area contributed by atoms with Crippen LogP contribution in [0.3, 0.4) is 0 Å². The summed E-state index contributed by atoms with van der Waals surface area (Å²) < 4.78 is 2.11. The zero-order valence-electron chi connectivity index (χ0n) is 12.6. The molecule has 3 aromatic rings. The second-order valence-electron chi connectivity index (χ2n) is 5.09. The maximum Gasteiger partial charge on any atom is 0.215 e. The fraction of sp³-hybridized carbons (Fsp3) is 0.111. The standard InChI is InChI=1S/C18H17N3S/c1-14-7-6-8-16(11-14)12-19-20-18-21(15(2)13-22-18)17-9-4-3-5-10-17/h3-13H,1-2H3/b19-12+,20-18+. The molecule has 0 unspecified atom stereocenters. The van der Waals surface area contributed by atoms with Crippen molar-refractivity contribution < 1.29 is 0 Å². The summed E-state index contributed by atoms with van der Waals surface area (Å²) in [7, 11) is 0. The van der Waals surface area contributed by atoms with Crippen molar-refractivity contribution in [2.75, 3.05) is 0 Å². The van der Waals surface area contributed by atoms with Crippen LogP contribution < -0.4 is 4.80 Å². The number of aromatic nitrogens is 1. The molecule has 3 nitrogen and oxygen atoms in total. The summed E-state index contributed by atoms with van der Waals surface area (Å²) in [6, 6.07) is 18.4. The number of hydrogen-bond donors (Lipinski definition) is 0. The van der Waals surface area contributed by atoms with Crippen molar-refractivity contribution >= 4 is 17.6 Å². The van der Waals surface area contributed by atoms with Gasteiger partial charge in [0, 0.05) is 16.8 Å². The Balaban J connectivity index is 1.96. The van der Waals surface area contributed by atoms with Crippen LogP contribution in [0.4, 0.5) is 0 Å². The molecule has 0 N–H and O–H groups in total. The van der Waals surface area contributed by atoms with Crippen LogP contribution in [0.15, 0.2) is 70.2 Å². The van der Waals surface area contributed by atoms with Crippen molar-refractivity contribution in [1.82, 2.24) is 4.57 Å². The Labute approximate surface area is 133 Å². The van der Waals surface area contributed by atoms with Crippen LogP contribution in [0.2, 0.25) is 0 Å². The minimum atomic E-state index is 0.868. The van der Waals surface area contributed by atoms with E-state index >= 15 is 0 Å². The van der Waals surface area contributed by atoms with Crippen LogP contribution in [0, 0.1) is 13.8 Å². The van der Waals surface area contributed by atoms with Gasteiger partial charge in [-0.25, -0.2) is 0 Å². The summed E-state index contributed by atoms with van der Waals surface area (Å²) in [6.45, 7) is 4.15. The van der Waals surface area contributed by atoms with Crippen molar-refractivity contribution in [2.24, 2.45) is 10.2 Å². The van der Waals surface area contributed by atoms with Gasteiger partial charge in [-0.2, -0.15) is 5.10 Å². The lowest BCUT2D eigenvalue weighted by atomic mass is 10.2. The van der Waals surface area contributed by atoms with Crippen LogP contribution in [0.25, 0.3) is 5.69 Å². The molecule has 0 saturated carbocycles. The fourth-order valence-corrected chi connectivity index (χ4v) is 3.08. The molecule has 1 heterocycles. The minimum Gasteiger partial charge on any atom is -0.288 e. The number of rotatable bonds is 3. The second kappa shape index (κ2) is 6.54. The minimum absolute atomic E-state index is 0.868. The van der Waals surface area contributed by atoms with E-state index in [1.807, 2.05) is 30.3 Å². The molecule has 3 rings (SSSR count).